The Morgan fingerprint density at radius 2 is 2.31 bits per heavy atom. The Balaban J connectivity index is 2.47. The van der Waals surface area contributed by atoms with Gasteiger partial charge in [-0.05, 0) is 25.1 Å². The lowest BCUT2D eigenvalue weighted by molar-refractivity contribution is 0.126. The summed E-state index contributed by atoms with van der Waals surface area (Å²) in [7, 11) is 1.95. The fraction of sp³-hybridized carbons (Fsp3) is 0.333. The molecule has 0 atom stereocenters. The van der Waals surface area contributed by atoms with E-state index in [9.17, 15) is 0 Å². The maximum absolute atomic E-state index is 8.81. The first-order valence-electron chi connectivity index (χ1n) is 5.19. The van der Waals surface area contributed by atoms with Crippen LogP contribution in [0.5, 0.6) is 0 Å². The molecule has 0 unspecified atom stereocenters. The molecule has 0 aliphatic heterocycles. The Kier molecular flexibility index (Phi) is 2.88. The van der Waals surface area contributed by atoms with E-state index in [4.69, 9.17) is 10.00 Å². The molecule has 4 heteroatoms. The van der Waals surface area contributed by atoms with Crippen molar-refractivity contribution in [3.63, 3.8) is 0 Å². The van der Waals surface area contributed by atoms with Gasteiger partial charge in [-0.15, -0.1) is 0 Å². The summed E-state index contributed by atoms with van der Waals surface area (Å²) in [5.74, 6) is 0.881. The molecule has 0 aliphatic rings. The number of benzene rings is 1. The zero-order valence-electron chi connectivity index (χ0n) is 9.40. The second-order valence-corrected chi connectivity index (χ2v) is 3.54. The van der Waals surface area contributed by atoms with E-state index < -0.39 is 0 Å². The number of fused-ring (bicyclic) bond motifs is 1. The van der Waals surface area contributed by atoms with Crippen LogP contribution < -0.4 is 0 Å². The molecule has 0 amide bonds. The third-order valence-corrected chi connectivity index (χ3v) is 2.54. The largest absolute Gasteiger partial charge is 0.374 e. The van der Waals surface area contributed by atoms with Gasteiger partial charge in [0.2, 0.25) is 0 Å². The van der Waals surface area contributed by atoms with E-state index in [2.05, 4.69) is 11.1 Å². The molecule has 0 N–H and O–H groups in total. The average Bonchev–Trinajstić information content (AvgIpc) is 2.63. The van der Waals surface area contributed by atoms with E-state index in [0.29, 0.717) is 18.8 Å². The van der Waals surface area contributed by atoms with Gasteiger partial charge in [0.05, 0.1) is 22.7 Å². The van der Waals surface area contributed by atoms with Crippen molar-refractivity contribution in [2.45, 2.75) is 13.5 Å². The third kappa shape index (κ3) is 1.77. The van der Waals surface area contributed by atoms with Crippen LogP contribution in [0.25, 0.3) is 11.0 Å². The number of hydrogen-bond acceptors (Lipinski definition) is 3. The van der Waals surface area contributed by atoms with Gasteiger partial charge in [0.1, 0.15) is 12.4 Å². The molecule has 1 aromatic carbocycles. The first kappa shape index (κ1) is 10.7. The highest BCUT2D eigenvalue weighted by Gasteiger charge is 2.07. The number of hydrogen-bond donors (Lipinski definition) is 0. The molecule has 82 valence electrons. The molecule has 0 bridgehead atoms. The van der Waals surface area contributed by atoms with Gasteiger partial charge in [-0.1, -0.05) is 0 Å². The molecule has 4 nitrogen and oxygen atoms in total. The maximum atomic E-state index is 8.81. The third-order valence-electron chi connectivity index (χ3n) is 2.54. The minimum atomic E-state index is 0.504. The lowest BCUT2D eigenvalue weighted by atomic mass is 10.2. The summed E-state index contributed by atoms with van der Waals surface area (Å²) >= 11 is 0. The number of nitriles is 1. The van der Waals surface area contributed by atoms with E-state index in [-0.39, 0.29) is 0 Å². The highest BCUT2D eigenvalue weighted by molar-refractivity contribution is 5.77. The smallest absolute Gasteiger partial charge is 0.135 e. The first-order chi connectivity index (χ1) is 7.76. The van der Waals surface area contributed by atoms with E-state index >= 15 is 0 Å². The van der Waals surface area contributed by atoms with Crippen molar-refractivity contribution < 1.29 is 4.74 Å². The lowest BCUT2D eigenvalue weighted by Gasteiger charge is -2.01. The Morgan fingerprint density at radius 1 is 1.50 bits per heavy atom. The number of aromatic nitrogens is 2. The van der Waals surface area contributed by atoms with Crippen molar-refractivity contribution >= 4 is 11.0 Å². The van der Waals surface area contributed by atoms with Gasteiger partial charge in [0.25, 0.3) is 0 Å². The maximum Gasteiger partial charge on any atom is 0.135 e. The fourth-order valence-corrected chi connectivity index (χ4v) is 1.64. The van der Waals surface area contributed by atoms with Crippen LogP contribution in [0.15, 0.2) is 18.2 Å². The summed E-state index contributed by atoms with van der Waals surface area (Å²) in [6.07, 6.45) is 0. The van der Waals surface area contributed by atoms with Gasteiger partial charge in [-0.3, -0.25) is 0 Å². The number of rotatable bonds is 3. The predicted molar refractivity (Wildman–Crippen MR) is 60.8 cm³/mol. The number of aryl methyl sites for hydroxylation is 1. The highest BCUT2D eigenvalue weighted by Crippen LogP contribution is 2.16. The van der Waals surface area contributed by atoms with E-state index in [1.807, 2.05) is 24.6 Å². The molecule has 0 fully saturated rings. The molecule has 2 aromatic rings. The standard InChI is InChI=1S/C12H13N3O/c1-3-16-8-12-14-10-6-9(7-13)4-5-11(10)15(12)2/h4-6H,3,8H2,1-2H3. The summed E-state index contributed by atoms with van der Waals surface area (Å²) < 4.78 is 7.33. The van der Waals surface area contributed by atoms with Crippen molar-refractivity contribution in [1.29, 1.82) is 5.26 Å². The zero-order chi connectivity index (χ0) is 11.5. The van der Waals surface area contributed by atoms with Crippen molar-refractivity contribution in [2.24, 2.45) is 7.05 Å². The normalized spacial score (nSPS) is 10.6. The van der Waals surface area contributed by atoms with Crippen molar-refractivity contribution in [1.82, 2.24) is 9.55 Å². The van der Waals surface area contributed by atoms with Crippen LogP contribution in [0.1, 0.15) is 18.3 Å². The molecule has 16 heavy (non-hydrogen) atoms. The van der Waals surface area contributed by atoms with Gasteiger partial charge in [-0.25, -0.2) is 4.98 Å². The van der Waals surface area contributed by atoms with Gasteiger partial charge < -0.3 is 9.30 Å². The van der Waals surface area contributed by atoms with E-state index in [1.54, 1.807) is 12.1 Å². The van der Waals surface area contributed by atoms with Crippen LogP contribution in [0.3, 0.4) is 0 Å². The topological polar surface area (TPSA) is 50.8 Å². The summed E-state index contributed by atoms with van der Waals surface area (Å²) in [5.41, 5.74) is 2.50. The van der Waals surface area contributed by atoms with Crippen molar-refractivity contribution in [2.75, 3.05) is 6.61 Å². The minimum Gasteiger partial charge on any atom is -0.374 e. The van der Waals surface area contributed by atoms with E-state index in [0.717, 1.165) is 16.9 Å². The summed E-state index contributed by atoms with van der Waals surface area (Å²) in [6, 6.07) is 7.62. The van der Waals surface area contributed by atoms with Crippen LogP contribution in [-0.4, -0.2) is 16.2 Å². The van der Waals surface area contributed by atoms with Gasteiger partial charge >= 0.3 is 0 Å². The summed E-state index contributed by atoms with van der Waals surface area (Å²) in [5, 5.41) is 8.81. The van der Waals surface area contributed by atoms with Crippen molar-refractivity contribution in [3.05, 3.63) is 29.6 Å². The number of nitrogens with zero attached hydrogens (tertiary/aromatic N) is 3. The second kappa shape index (κ2) is 4.33. The molecular weight excluding hydrogens is 202 g/mol. The monoisotopic (exact) mass is 215 g/mol. The highest BCUT2D eigenvalue weighted by atomic mass is 16.5. The van der Waals surface area contributed by atoms with Crippen LogP contribution >= 0.6 is 0 Å². The fourth-order valence-electron chi connectivity index (χ4n) is 1.64. The lowest BCUT2D eigenvalue weighted by Crippen LogP contribution is -2.00. The summed E-state index contributed by atoms with van der Waals surface area (Å²) in [6.45, 7) is 3.13. The predicted octanol–water partition coefficient (Wildman–Crippen LogP) is 1.98. The molecule has 0 aliphatic carbocycles. The SMILES string of the molecule is CCOCc1nc2cc(C#N)ccc2n1C. The van der Waals surface area contributed by atoms with Crippen LogP contribution in [0.4, 0.5) is 0 Å². The number of imidazole rings is 1. The Hall–Kier alpha value is -1.86. The molecule has 0 radical (unpaired) electrons. The molecule has 0 spiro atoms. The quantitative estimate of drug-likeness (QED) is 0.786. The molecule has 0 saturated carbocycles. The van der Waals surface area contributed by atoms with Crippen LogP contribution in [-0.2, 0) is 18.4 Å². The van der Waals surface area contributed by atoms with Gasteiger partial charge in [-0.2, -0.15) is 5.26 Å². The zero-order valence-corrected chi connectivity index (χ0v) is 9.40. The van der Waals surface area contributed by atoms with Gasteiger partial charge in [0.15, 0.2) is 0 Å². The summed E-state index contributed by atoms with van der Waals surface area (Å²) in [4.78, 5) is 4.45. The van der Waals surface area contributed by atoms with Crippen LogP contribution in [0.2, 0.25) is 0 Å². The van der Waals surface area contributed by atoms with Gasteiger partial charge in [0, 0.05) is 13.7 Å². The van der Waals surface area contributed by atoms with Crippen LogP contribution in [0, 0.1) is 11.3 Å². The van der Waals surface area contributed by atoms with E-state index in [1.165, 1.54) is 0 Å². The average molecular weight is 215 g/mol. The molecule has 2 rings (SSSR count). The molecule has 0 saturated heterocycles. The second-order valence-electron chi connectivity index (χ2n) is 3.54. The molecule has 1 aromatic heterocycles. The Labute approximate surface area is 94.1 Å². The molecular formula is C12H13N3O. The number of ether oxygens (including phenoxy) is 1. The molecule has 1 heterocycles. The Bertz CT molecular complexity index is 551. The van der Waals surface area contributed by atoms with Crippen molar-refractivity contribution in [3.8, 4) is 6.07 Å². The Morgan fingerprint density at radius 3 is 3.00 bits per heavy atom. The minimum absolute atomic E-state index is 0.504. The first-order valence-corrected chi connectivity index (χ1v) is 5.19.